The molecule has 0 saturated heterocycles. The topological polar surface area (TPSA) is 59.8 Å². The Morgan fingerprint density at radius 1 is 1.00 bits per heavy atom. The van der Waals surface area contributed by atoms with Gasteiger partial charge in [0.05, 0.1) is 5.69 Å². The van der Waals surface area contributed by atoms with Crippen molar-refractivity contribution in [2.45, 2.75) is 13.8 Å². The van der Waals surface area contributed by atoms with E-state index in [1.165, 1.54) is 16.8 Å². The highest BCUT2D eigenvalue weighted by Gasteiger charge is 2.19. The highest BCUT2D eigenvalue weighted by Crippen LogP contribution is 2.23. The van der Waals surface area contributed by atoms with Crippen molar-refractivity contribution in [1.29, 1.82) is 0 Å². The molecule has 0 saturated carbocycles. The third kappa shape index (κ3) is 4.09. The molecule has 30 heavy (non-hydrogen) atoms. The van der Waals surface area contributed by atoms with E-state index in [0.29, 0.717) is 22.2 Å². The number of anilines is 1. The van der Waals surface area contributed by atoms with Gasteiger partial charge in [-0.3, -0.25) is 4.79 Å². The molecule has 7 heteroatoms. The average molecular weight is 421 g/mol. The van der Waals surface area contributed by atoms with Gasteiger partial charge in [0.1, 0.15) is 5.82 Å². The lowest BCUT2D eigenvalue weighted by molar-refractivity contribution is 0.101. The van der Waals surface area contributed by atoms with E-state index in [-0.39, 0.29) is 11.6 Å². The van der Waals surface area contributed by atoms with Crippen LogP contribution in [0.15, 0.2) is 66.7 Å². The van der Waals surface area contributed by atoms with Gasteiger partial charge in [-0.15, -0.1) is 5.10 Å². The molecule has 0 spiro atoms. The summed E-state index contributed by atoms with van der Waals surface area (Å²) >= 11 is 6.14. The van der Waals surface area contributed by atoms with Crippen molar-refractivity contribution < 1.29 is 9.18 Å². The Balaban J connectivity index is 1.74. The lowest BCUT2D eigenvalue weighted by Crippen LogP contribution is -2.14. The molecule has 0 fully saturated rings. The summed E-state index contributed by atoms with van der Waals surface area (Å²) in [6.45, 7) is 3.87. The molecule has 1 N–H and O–H groups in total. The highest BCUT2D eigenvalue weighted by atomic mass is 35.5. The van der Waals surface area contributed by atoms with Crippen LogP contribution >= 0.6 is 11.6 Å². The third-order valence-corrected chi connectivity index (χ3v) is 5.03. The molecule has 0 radical (unpaired) electrons. The first-order valence-electron chi connectivity index (χ1n) is 9.28. The van der Waals surface area contributed by atoms with Crippen LogP contribution < -0.4 is 5.32 Å². The standard InChI is InChI=1S/C23H18ClFN4O/c1-14-3-6-16(7-4-14)22-27-21(28-29(22)19-11-8-17(25)9-12-19)23(30)26-18-10-5-15(2)20(24)13-18/h3-13H,1-2H3,(H,26,30). The molecule has 0 atom stereocenters. The molecule has 0 unspecified atom stereocenters. The second kappa shape index (κ2) is 8.08. The predicted octanol–water partition coefficient (Wildman–Crippen LogP) is 5.60. The average Bonchev–Trinajstić information content (AvgIpc) is 3.17. The summed E-state index contributed by atoms with van der Waals surface area (Å²) in [6, 6.07) is 18.8. The fourth-order valence-electron chi connectivity index (χ4n) is 2.92. The van der Waals surface area contributed by atoms with E-state index in [1.807, 2.05) is 44.2 Å². The normalized spacial score (nSPS) is 10.8. The van der Waals surface area contributed by atoms with Crippen molar-refractivity contribution >= 4 is 23.2 Å². The molecule has 1 amide bonds. The van der Waals surface area contributed by atoms with Crippen LogP contribution in [-0.4, -0.2) is 20.7 Å². The zero-order valence-corrected chi connectivity index (χ0v) is 17.1. The third-order valence-electron chi connectivity index (χ3n) is 4.62. The second-order valence-electron chi connectivity index (χ2n) is 6.93. The van der Waals surface area contributed by atoms with E-state index in [0.717, 1.165) is 16.7 Å². The fraction of sp³-hybridized carbons (Fsp3) is 0.0870. The number of benzene rings is 3. The maximum Gasteiger partial charge on any atom is 0.295 e. The molecular weight excluding hydrogens is 403 g/mol. The van der Waals surface area contributed by atoms with Crippen LogP contribution in [0.3, 0.4) is 0 Å². The maximum atomic E-state index is 13.4. The van der Waals surface area contributed by atoms with E-state index in [4.69, 9.17) is 11.6 Å². The van der Waals surface area contributed by atoms with Gasteiger partial charge < -0.3 is 5.32 Å². The van der Waals surface area contributed by atoms with Crippen molar-refractivity contribution in [1.82, 2.24) is 14.8 Å². The molecule has 0 aliphatic rings. The molecule has 0 bridgehead atoms. The van der Waals surface area contributed by atoms with Crippen LogP contribution in [0, 0.1) is 19.7 Å². The highest BCUT2D eigenvalue weighted by molar-refractivity contribution is 6.31. The van der Waals surface area contributed by atoms with Gasteiger partial charge in [0, 0.05) is 16.3 Å². The van der Waals surface area contributed by atoms with Gasteiger partial charge in [0.15, 0.2) is 5.82 Å². The summed E-state index contributed by atoms with van der Waals surface area (Å²) in [7, 11) is 0. The van der Waals surface area contributed by atoms with Gasteiger partial charge in [0.25, 0.3) is 5.91 Å². The van der Waals surface area contributed by atoms with Crippen LogP contribution in [-0.2, 0) is 0 Å². The smallest absolute Gasteiger partial charge is 0.295 e. The number of hydrogen-bond acceptors (Lipinski definition) is 3. The molecule has 0 aliphatic heterocycles. The minimum Gasteiger partial charge on any atom is -0.319 e. The molecule has 3 aromatic carbocycles. The minimum atomic E-state index is -0.468. The summed E-state index contributed by atoms with van der Waals surface area (Å²) in [6.07, 6.45) is 0. The summed E-state index contributed by atoms with van der Waals surface area (Å²) in [5.41, 5.74) is 3.94. The number of amides is 1. The number of nitrogens with one attached hydrogen (secondary N) is 1. The summed E-state index contributed by atoms with van der Waals surface area (Å²) in [5, 5.41) is 7.70. The van der Waals surface area contributed by atoms with Crippen LogP contribution in [0.4, 0.5) is 10.1 Å². The van der Waals surface area contributed by atoms with Gasteiger partial charge in [-0.2, -0.15) is 0 Å². The molecule has 4 aromatic rings. The molecule has 150 valence electrons. The number of aromatic nitrogens is 3. The number of nitrogens with zero attached hydrogens (tertiary/aromatic N) is 3. The van der Waals surface area contributed by atoms with E-state index in [2.05, 4.69) is 15.4 Å². The summed E-state index contributed by atoms with van der Waals surface area (Å²) in [4.78, 5) is 17.3. The van der Waals surface area contributed by atoms with Crippen molar-refractivity contribution in [2.24, 2.45) is 0 Å². The predicted molar refractivity (Wildman–Crippen MR) is 116 cm³/mol. The van der Waals surface area contributed by atoms with Gasteiger partial charge in [-0.1, -0.05) is 47.5 Å². The lowest BCUT2D eigenvalue weighted by atomic mass is 10.1. The monoisotopic (exact) mass is 420 g/mol. The zero-order valence-electron chi connectivity index (χ0n) is 16.4. The largest absolute Gasteiger partial charge is 0.319 e. The van der Waals surface area contributed by atoms with Gasteiger partial charge in [-0.25, -0.2) is 14.1 Å². The number of rotatable bonds is 4. The van der Waals surface area contributed by atoms with Crippen LogP contribution in [0.25, 0.3) is 17.1 Å². The quantitative estimate of drug-likeness (QED) is 0.467. The maximum absolute atomic E-state index is 13.4. The SMILES string of the molecule is Cc1ccc(-c2nc(C(=O)Nc3ccc(C)c(Cl)c3)nn2-c2ccc(F)cc2)cc1. The second-order valence-corrected chi connectivity index (χ2v) is 7.34. The molecular formula is C23H18ClFN4O. The number of halogens is 2. The number of carbonyl (C=O) groups is 1. The first-order chi connectivity index (χ1) is 14.4. The molecule has 1 aromatic heterocycles. The first-order valence-corrected chi connectivity index (χ1v) is 9.66. The van der Waals surface area contributed by atoms with Crippen LogP contribution in [0.1, 0.15) is 21.7 Å². The molecule has 1 heterocycles. The van der Waals surface area contributed by atoms with Crippen LogP contribution in [0.2, 0.25) is 5.02 Å². The molecule has 4 rings (SSSR count). The van der Waals surface area contributed by atoms with Crippen molar-refractivity contribution in [3.05, 3.63) is 94.5 Å². The Labute approximate surface area is 178 Å². The van der Waals surface area contributed by atoms with E-state index in [9.17, 15) is 9.18 Å². The Morgan fingerprint density at radius 2 is 1.70 bits per heavy atom. The van der Waals surface area contributed by atoms with E-state index in [1.54, 1.807) is 24.3 Å². The summed E-state index contributed by atoms with van der Waals surface area (Å²) in [5.74, 6) is -0.352. The zero-order chi connectivity index (χ0) is 21.3. The number of carbonyl (C=O) groups excluding carboxylic acids is 1. The van der Waals surface area contributed by atoms with Gasteiger partial charge in [-0.05, 0) is 55.8 Å². The Bertz CT molecular complexity index is 1150. The van der Waals surface area contributed by atoms with Crippen molar-refractivity contribution in [3.63, 3.8) is 0 Å². The Hall–Kier alpha value is -3.51. The van der Waals surface area contributed by atoms with Crippen molar-refractivity contribution in [2.75, 3.05) is 5.32 Å². The molecule has 5 nitrogen and oxygen atoms in total. The van der Waals surface area contributed by atoms with Crippen molar-refractivity contribution in [3.8, 4) is 17.1 Å². The van der Waals surface area contributed by atoms with Gasteiger partial charge >= 0.3 is 0 Å². The fourth-order valence-corrected chi connectivity index (χ4v) is 3.10. The van der Waals surface area contributed by atoms with E-state index >= 15 is 0 Å². The Kier molecular flexibility index (Phi) is 5.33. The molecule has 0 aliphatic carbocycles. The number of hydrogen-bond donors (Lipinski definition) is 1. The minimum absolute atomic E-state index is 0.00778. The summed E-state index contributed by atoms with van der Waals surface area (Å²) < 4.78 is 14.9. The Morgan fingerprint density at radius 3 is 2.37 bits per heavy atom. The van der Waals surface area contributed by atoms with Crippen LogP contribution in [0.5, 0.6) is 0 Å². The number of aryl methyl sites for hydroxylation is 2. The first kappa shape index (κ1) is 19.8. The van der Waals surface area contributed by atoms with E-state index < -0.39 is 5.91 Å². The van der Waals surface area contributed by atoms with Gasteiger partial charge in [0.2, 0.25) is 5.82 Å². The lowest BCUT2D eigenvalue weighted by Gasteiger charge is -2.06.